The van der Waals surface area contributed by atoms with Gasteiger partial charge < -0.3 is 14.8 Å². The number of aromatic nitrogens is 2. The number of imidazole rings is 1. The third kappa shape index (κ3) is 3.49. The maximum Gasteiger partial charge on any atom is 0.320 e. The summed E-state index contributed by atoms with van der Waals surface area (Å²) in [5.74, 6) is -4.41. The highest BCUT2D eigenvalue weighted by atomic mass is 16.4. The van der Waals surface area contributed by atoms with Crippen molar-refractivity contribution in [2.45, 2.75) is 13.0 Å². The van der Waals surface area contributed by atoms with Crippen LogP contribution in [-0.4, -0.2) is 31.7 Å². The van der Waals surface area contributed by atoms with Crippen molar-refractivity contribution in [3.63, 3.8) is 0 Å². The average molecular weight is 350 g/mol. The molecule has 0 saturated heterocycles. The maximum atomic E-state index is 11.7. The highest BCUT2D eigenvalue weighted by Crippen LogP contribution is 2.30. The lowest BCUT2D eigenvalue weighted by Crippen LogP contribution is -2.33. The first kappa shape index (κ1) is 17.4. The minimum atomic E-state index is -1.63. The number of benzene rings is 2. The average Bonchev–Trinajstić information content (AvgIpc) is 3.10. The van der Waals surface area contributed by atoms with Gasteiger partial charge in [-0.25, -0.2) is 4.98 Å². The minimum Gasteiger partial charge on any atom is -0.481 e. The molecule has 1 unspecified atom stereocenters. The number of carboxylic acids is 2. The van der Waals surface area contributed by atoms with Crippen LogP contribution in [0, 0.1) is 12.8 Å². The molecule has 0 amide bonds. The molecule has 0 aliphatic heterocycles. The zero-order valence-electron chi connectivity index (χ0n) is 14.1. The Morgan fingerprint density at radius 2 is 1.58 bits per heavy atom. The predicted octanol–water partition coefficient (Wildman–Crippen LogP) is 3.23. The Kier molecular flexibility index (Phi) is 4.84. The SMILES string of the molecule is Cc1ccc(C(C(C(=O)O)C(=O)O)n2cnc(-c3ccccc3)c2)cc1. The van der Waals surface area contributed by atoms with Crippen molar-refractivity contribution in [2.75, 3.05) is 0 Å². The van der Waals surface area contributed by atoms with Crippen LogP contribution < -0.4 is 0 Å². The Labute approximate surface area is 150 Å². The number of carbonyl (C=O) groups is 2. The molecule has 0 aliphatic carbocycles. The molecule has 3 rings (SSSR count). The fourth-order valence-corrected chi connectivity index (χ4v) is 2.92. The number of aliphatic carboxylic acids is 2. The second-order valence-electron chi connectivity index (χ2n) is 6.08. The van der Waals surface area contributed by atoms with Crippen LogP contribution in [0.3, 0.4) is 0 Å². The Balaban J connectivity index is 2.09. The van der Waals surface area contributed by atoms with E-state index in [4.69, 9.17) is 0 Å². The summed E-state index contributed by atoms with van der Waals surface area (Å²) in [7, 11) is 0. The summed E-state index contributed by atoms with van der Waals surface area (Å²) in [5, 5.41) is 19.0. The topological polar surface area (TPSA) is 92.4 Å². The molecule has 0 aliphatic rings. The molecule has 1 atom stereocenters. The molecule has 1 heterocycles. The molecule has 0 spiro atoms. The lowest BCUT2D eigenvalue weighted by molar-refractivity contribution is -0.156. The fraction of sp³-hybridized carbons (Fsp3) is 0.150. The van der Waals surface area contributed by atoms with E-state index >= 15 is 0 Å². The van der Waals surface area contributed by atoms with Crippen LogP contribution in [0.2, 0.25) is 0 Å². The predicted molar refractivity (Wildman–Crippen MR) is 95.7 cm³/mol. The van der Waals surface area contributed by atoms with Gasteiger partial charge in [0.25, 0.3) is 0 Å². The van der Waals surface area contributed by atoms with Crippen LogP contribution >= 0.6 is 0 Å². The van der Waals surface area contributed by atoms with E-state index in [-0.39, 0.29) is 0 Å². The Morgan fingerprint density at radius 1 is 0.962 bits per heavy atom. The number of nitrogens with zero attached hydrogens (tertiary/aromatic N) is 2. The van der Waals surface area contributed by atoms with Gasteiger partial charge in [-0.1, -0.05) is 60.2 Å². The summed E-state index contributed by atoms with van der Waals surface area (Å²) in [6, 6.07) is 15.7. The molecule has 6 nitrogen and oxygen atoms in total. The summed E-state index contributed by atoms with van der Waals surface area (Å²) < 4.78 is 1.56. The third-order valence-electron chi connectivity index (χ3n) is 4.26. The van der Waals surface area contributed by atoms with Crippen molar-refractivity contribution in [1.29, 1.82) is 0 Å². The second kappa shape index (κ2) is 7.23. The Bertz CT molecular complexity index is 902. The fourth-order valence-electron chi connectivity index (χ4n) is 2.92. The van der Waals surface area contributed by atoms with Crippen molar-refractivity contribution >= 4 is 11.9 Å². The molecule has 0 bridgehead atoms. The van der Waals surface area contributed by atoms with Crippen LogP contribution in [0.25, 0.3) is 11.3 Å². The van der Waals surface area contributed by atoms with Crippen LogP contribution in [0.1, 0.15) is 17.2 Å². The molecule has 132 valence electrons. The number of carboxylic acid groups (broad SMARTS) is 2. The van der Waals surface area contributed by atoms with Crippen molar-refractivity contribution in [1.82, 2.24) is 9.55 Å². The lowest BCUT2D eigenvalue weighted by Gasteiger charge is -2.23. The molecule has 0 saturated carbocycles. The molecule has 26 heavy (non-hydrogen) atoms. The van der Waals surface area contributed by atoms with Gasteiger partial charge in [0.2, 0.25) is 0 Å². The molecular weight excluding hydrogens is 332 g/mol. The zero-order chi connectivity index (χ0) is 18.7. The standard InChI is InChI=1S/C20H18N2O4/c1-13-7-9-15(10-8-13)18(17(19(23)24)20(25)26)22-11-16(21-12-22)14-5-3-2-4-6-14/h2-12,17-18H,1H3,(H,23,24)(H,25,26). The van der Waals surface area contributed by atoms with Crippen molar-refractivity contribution < 1.29 is 19.8 Å². The van der Waals surface area contributed by atoms with Gasteiger partial charge in [0.15, 0.2) is 5.92 Å². The first-order valence-electron chi connectivity index (χ1n) is 8.08. The van der Waals surface area contributed by atoms with E-state index in [1.54, 1.807) is 22.9 Å². The molecule has 3 aromatic rings. The molecule has 0 radical (unpaired) electrons. The number of aryl methyl sites for hydroxylation is 1. The highest BCUT2D eigenvalue weighted by Gasteiger charge is 2.37. The quantitative estimate of drug-likeness (QED) is 0.666. The van der Waals surface area contributed by atoms with Gasteiger partial charge in [0.1, 0.15) is 0 Å². The molecule has 2 N–H and O–H groups in total. The molecule has 2 aromatic carbocycles. The van der Waals surface area contributed by atoms with Crippen LogP contribution in [0.5, 0.6) is 0 Å². The van der Waals surface area contributed by atoms with E-state index in [0.717, 1.165) is 11.1 Å². The summed E-state index contributed by atoms with van der Waals surface area (Å²) in [5.41, 5.74) is 3.13. The van der Waals surface area contributed by atoms with Crippen molar-refractivity contribution in [2.24, 2.45) is 5.92 Å². The van der Waals surface area contributed by atoms with E-state index in [9.17, 15) is 19.8 Å². The van der Waals surface area contributed by atoms with E-state index < -0.39 is 23.9 Å². The van der Waals surface area contributed by atoms with Gasteiger partial charge in [0.05, 0.1) is 18.1 Å². The Hall–Kier alpha value is -3.41. The van der Waals surface area contributed by atoms with Crippen LogP contribution in [0.15, 0.2) is 67.1 Å². The first-order valence-corrected chi connectivity index (χ1v) is 8.08. The largest absolute Gasteiger partial charge is 0.481 e. The number of rotatable bonds is 6. The summed E-state index contributed by atoms with van der Waals surface area (Å²) >= 11 is 0. The van der Waals surface area contributed by atoms with E-state index in [2.05, 4.69) is 4.98 Å². The summed E-state index contributed by atoms with van der Waals surface area (Å²) in [6.07, 6.45) is 3.16. The summed E-state index contributed by atoms with van der Waals surface area (Å²) in [4.78, 5) is 27.6. The molecule has 6 heteroatoms. The van der Waals surface area contributed by atoms with Gasteiger partial charge in [0, 0.05) is 11.8 Å². The summed E-state index contributed by atoms with van der Waals surface area (Å²) in [6.45, 7) is 1.91. The van der Waals surface area contributed by atoms with Gasteiger partial charge in [-0.2, -0.15) is 0 Å². The molecule has 0 fully saturated rings. The number of hydrogen-bond donors (Lipinski definition) is 2. The third-order valence-corrected chi connectivity index (χ3v) is 4.26. The van der Waals surface area contributed by atoms with Crippen molar-refractivity contribution in [3.8, 4) is 11.3 Å². The van der Waals surface area contributed by atoms with Gasteiger partial charge in [-0.3, -0.25) is 9.59 Å². The highest BCUT2D eigenvalue weighted by molar-refractivity contribution is 5.94. The first-order chi connectivity index (χ1) is 12.5. The van der Waals surface area contributed by atoms with E-state index in [1.165, 1.54) is 6.33 Å². The molecular formula is C20H18N2O4. The van der Waals surface area contributed by atoms with E-state index in [1.807, 2.05) is 49.4 Å². The van der Waals surface area contributed by atoms with Gasteiger partial charge >= 0.3 is 11.9 Å². The maximum absolute atomic E-state index is 11.7. The van der Waals surface area contributed by atoms with Crippen molar-refractivity contribution in [3.05, 3.63) is 78.2 Å². The second-order valence-corrected chi connectivity index (χ2v) is 6.08. The molecule has 1 aromatic heterocycles. The van der Waals surface area contributed by atoms with Crippen LogP contribution in [0.4, 0.5) is 0 Å². The number of hydrogen-bond acceptors (Lipinski definition) is 3. The van der Waals surface area contributed by atoms with Gasteiger partial charge in [-0.05, 0) is 12.5 Å². The lowest BCUT2D eigenvalue weighted by atomic mass is 9.92. The Morgan fingerprint density at radius 3 is 2.15 bits per heavy atom. The monoisotopic (exact) mass is 350 g/mol. The smallest absolute Gasteiger partial charge is 0.320 e. The van der Waals surface area contributed by atoms with E-state index in [0.29, 0.717) is 11.3 Å². The van der Waals surface area contributed by atoms with Gasteiger partial charge in [-0.15, -0.1) is 0 Å². The minimum absolute atomic E-state index is 0.599. The zero-order valence-corrected chi connectivity index (χ0v) is 14.1. The normalized spacial score (nSPS) is 12.1. The van der Waals surface area contributed by atoms with Crippen LogP contribution in [-0.2, 0) is 9.59 Å².